The fourth-order valence-electron chi connectivity index (χ4n) is 3.83. The van der Waals surface area contributed by atoms with Crippen LogP contribution in [0.5, 0.6) is 5.88 Å². The van der Waals surface area contributed by atoms with Crippen molar-refractivity contribution in [2.24, 2.45) is 0 Å². The number of piperidine rings is 1. The highest BCUT2D eigenvalue weighted by Gasteiger charge is 2.32. The molecule has 0 bridgehead atoms. The van der Waals surface area contributed by atoms with Gasteiger partial charge in [0.2, 0.25) is 5.88 Å². The molecule has 3 N–H and O–H groups in total. The van der Waals surface area contributed by atoms with Crippen molar-refractivity contribution < 1.29 is 22.7 Å². The molecule has 1 aliphatic heterocycles. The van der Waals surface area contributed by atoms with Gasteiger partial charge in [-0.05, 0) is 44.2 Å². The molecule has 2 amide bonds. The van der Waals surface area contributed by atoms with Gasteiger partial charge in [0, 0.05) is 18.7 Å². The van der Waals surface area contributed by atoms with Crippen LogP contribution in [0.2, 0.25) is 0 Å². The predicted octanol–water partition coefficient (Wildman–Crippen LogP) is 4.36. The Morgan fingerprint density at radius 2 is 2.06 bits per heavy atom. The third-order valence-electron chi connectivity index (χ3n) is 5.55. The minimum Gasteiger partial charge on any atom is -0.481 e. The van der Waals surface area contributed by atoms with Crippen molar-refractivity contribution in [3.63, 3.8) is 0 Å². The number of carbonyl (C=O) groups is 1. The minimum absolute atomic E-state index is 0. The molecule has 0 unspecified atom stereocenters. The maximum Gasteiger partial charge on any atom is 0.416 e. The number of benzene rings is 1. The first-order valence-corrected chi connectivity index (χ1v) is 10.1. The number of carbonyl (C=O) groups excluding carboxylic acids is 1. The number of likely N-dealkylation sites (tertiary alicyclic amines) is 1. The fourth-order valence-corrected chi connectivity index (χ4v) is 3.83. The molecule has 1 aromatic carbocycles. The van der Waals surface area contributed by atoms with Gasteiger partial charge in [0.05, 0.1) is 41.6 Å². The summed E-state index contributed by atoms with van der Waals surface area (Å²) >= 11 is 0. The summed E-state index contributed by atoms with van der Waals surface area (Å²) in [6, 6.07) is 6.15. The highest BCUT2D eigenvalue weighted by atomic mass is 35.5. The third-order valence-corrected chi connectivity index (χ3v) is 5.55. The number of aromatic amines is 1. The second kappa shape index (κ2) is 9.84. The van der Waals surface area contributed by atoms with E-state index in [1.165, 1.54) is 19.4 Å². The smallest absolute Gasteiger partial charge is 0.416 e. The number of nitrogens with zero attached hydrogens (tertiary/aromatic N) is 3. The standard InChI is InChI=1S/C21H23F3N6O2.ClH/c1-30-8-7-13(26-20(31)27-14-4-6-18(32-2)25-11-14)10-17(30)19-28-15-5-3-12(21(22,23)24)9-16(15)29-19;/h3-6,9,11,13,17H,7-8,10H2,1-2H3,(H,28,29)(H2,26,27,31);1H/t13-,17-;/m1./s1. The molecule has 2 atom stereocenters. The molecule has 0 aliphatic carbocycles. The number of rotatable bonds is 4. The summed E-state index contributed by atoms with van der Waals surface area (Å²) < 4.78 is 44.0. The number of imidazole rings is 1. The molecule has 12 heteroatoms. The van der Waals surface area contributed by atoms with Gasteiger partial charge in [0.25, 0.3) is 0 Å². The van der Waals surface area contributed by atoms with Gasteiger partial charge >= 0.3 is 12.2 Å². The molecule has 3 heterocycles. The van der Waals surface area contributed by atoms with E-state index in [4.69, 9.17) is 4.74 Å². The lowest BCUT2D eigenvalue weighted by atomic mass is 9.97. The van der Waals surface area contributed by atoms with Gasteiger partial charge < -0.3 is 20.4 Å². The monoisotopic (exact) mass is 484 g/mol. The lowest BCUT2D eigenvalue weighted by Gasteiger charge is -2.36. The van der Waals surface area contributed by atoms with E-state index in [1.54, 1.807) is 12.1 Å². The number of nitrogens with one attached hydrogen (secondary N) is 3. The maximum atomic E-state index is 13.0. The van der Waals surface area contributed by atoms with E-state index in [9.17, 15) is 18.0 Å². The molecule has 4 rings (SSSR count). The summed E-state index contributed by atoms with van der Waals surface area (Å²) in [5.74, 6) is 1.02. The second-order valence-electron chi connectivity index (χ2n) is 7.76. The molecule has 1 aliphatic rings. The Labute approximate surface area is 194 Å². The molecule has 1 saturated heterocycles. The summed E-state index contributed by atoms with van der Waals surface area (Å²) in [7, 11) is 3.44. The van der Waals surface area contributed by atoms with Crippen LogP contribution in [0.4, 0.5) is 23.7 Å². The first kappa shape index (κ1) is 24.6. The largest absolute Gasteiger partial charge is 0.481 e. The molecule has 2 aromatic heterocycles. The van der Waals surface area contributed by atoms with Crippen LogP contribution in [0.1, 0.15) is 30.3 Å². The van der Waals surface area contributed by atoms with Gasteiger partial charge in [-0.3, -0.25) is 4.90 Å². The van der Waals surface area contributed by atoms with E-state index < -0.39 is 11.7 Å². The maximum absolute atomic E-state index is 13.0. The van der Waals surface area contributed by atoms with Crippen LogP contribution in [0.25, 0.3) is 11.0 Å². The molecule has 1 fully saturated rings. The Balaban J connectivity index is 0.00000306. The summed E-state index contributed by atoms with van der Waals surface area (Å²) in [5, 5.41) is 5.69. The van der Waals surface area contributed by atoms with E-state index in [0.29, 0.717) is 41.4 Å². The number of amides is 2. The normalized spacial score (nSPS) is 19.1. The lowest BCUT2D eigenvalue weighted by molar-refractivity contribution is -0.137. The van der Waals surface area contributed by atoms with Crippen molar-refractivity contribution in [1.29, 1.82) is 0 Å². The molecule has 33 heavy (non-hydrogen) atoms. The van der Waals surface area contributed by atoms with Crippen molar-refractivity contribution in [3.05, 3.63) is 47.9 Å². The Kier molecular flexibility index (Phi) is 7.33. The van der Waals surface area contributed by atoms with Gasteiger partial charge in [-0.25, -0.2) is 14.8 Å². The summed E-state index contributed by atoms with van der Waals surface area (Å²) in [6.07, 6.45) is -1.61. The van der Waals surface area contributed by atoms with Crippen LogP contribution in [-0.4, -0.2) is 52.6 Å². The van der Waals surface area contributed by atoms with Crippen LogP contribution in [0.3, 0.4) is 0 Å². The second-order valence-corrected chi connectivity index (χ2v) is 7.76. The Hall–Kier alpha value is -3.05. The van der Waals surface area contributed by atoms with Gasteiger partial charge in [-0.1, -0.05) is 0 Å². The van der Waals surface area contributed by atoms with Gasteiger partial charge in [0.15, 0.2) is 0 Å². The lowest BCUT2D eigenvalue weighted by Crippen LogP contribution is -2.46. The highest BCUT2D eigenvalue weighted by Crippen LogP contribution is 2.33. The van der Waals surface area contributed by atoms with Crippen LogP contribution < -0.4 is 15.4 Å². The van der Waals surface area contributed by atoms with Crippen molar-refractivity contribution in [3.8, 4) is 5.88 Å². The van der Waals surface area contributed by atoms with E-state index in [1.807, 2.05) is 7.05 Å². The molecule has 0 spiro atoms. The number of ether oxygens (including phenoxy) is 1. The number of fused-ring (bicyclic) bond motifs is 1. The number of H-pyrrole nitrogens is 1. The predicted molar refractivity (Wildman–Crippen MR) is 120 cm³/mol. The molecule has 0 saturated carbocycles. The first-order chi connectivity index (χ1) is 15.2. The third kappa shape index (κ3) is 5.66. The summed E-state index contributed by atoms with van der Waals surface area (Å²) in [4.78, 5) is 26.1. The highest BCUT2D eigenvalue weighted by molar-refractivity contribution is 5.89. The average Bonchev–Trinajstić information content (AvgIpc) is 3.18. The van der Waals surface area contributed by atoms with Gasteiger partial charge in [-0.15, -0.1) is 12.4 Å². The quantitative estimate of drug-likeness (QED) is 0.511. The number of hydrogen-bond acceptors (Lipinski definition) is 5. The Morgan fingerprint density at radius 3 is 2.73 bits per heavy atom. The van der Waals surface area contributed by atoms with Crippen LogP contribution in [0.15, 0.2) is 36.5 Å². The number of aromatic nitrogens is 3. The van der Waals surface area contributed by atoms with E-state index in [0.717, 1.165) is 18.6 Å². The number of anilines is 1. The van der Waals surface area contributed by atoms with Crippen LogP contribution in [0, 0.1) is 0 Å². The van der Waals surface area contributed by atoms with Gasteiger partial charge in [-0.2, -0.15) is 13.2 Å². The Bertz CT molecular complexity index is 1110. The fraction of sp³-hybridized carbons (Fsp3) is 0.381. The summed E-state index contributed by atoms with van der Waals surface area (Å²) in [6.45, 7) is 0.699. The molecular weight excluding hydrogens is 461 g/mol. The Morgan fingerprint density at radius 1 is 1.27 bits per heavy atom. The topological polar surface area (TPSA) is 95.2 Å². The van der Waals surface area contributed by atoms with E-state index in [2.05, 4.69) is 30.5 Å². The minimum atomic E-state index is -4.41. The number of pyridine rings is 1. The van der Waals surface area contributed by atoms with Crippen LogP contribution in [-0.2, 0) is 6.18 Å². The number of methoxy groups -OCH3 is 1. The number of halogens is 4. The number of hydrogen-bond donors (Lipinski definition) is 3. The molecule has 3 aromatic rings. The number of urea groups is 1. The van der Waals surface area contributed by atoms with E-state index >= 15 is 0 Å². The molecule has 0 radical (unpaired) electrons. The number of alkyl halides is 3. The average molecular weight is 485 g/mol. The van der Waals surface area contributed by atoms with Crippen LogP contribution >= 0.6 is 12.4 Å². The van der Waals surface area contributed by atoms with Gasteiger partial charge in [0.1, 0.15) is 5.82 Å². The van der Waals surface area contributed by atoms with E-state index in [-0.39, 0.29) is 30.5 Å². The van der Waals surface area contributed by atoms with Crippen molar-refractivity contribution in [2.45, 2.75) is 31.1 Å². The van der Waals surface area contributed by atoms with Crippen molar-refractivity contribution in [2.75, 3.05) is 26.0 Å². The van der Waals surface area contributed by atoms with Crippen molar-refractivity contribution in [1.82, 2.24) is 25.2 Å². The zero-order chi connectivity index (χ0) is 22.9. The van der Waals surface area contributed by atoms with Crippen molar-refractivity contribution >= 4 is 35.2 Å². The zero-order valence-corrected chi connectivity index (χ0v) is 18.8. The summed E-state index contributed by atoms with van der Waals surface area (Å²) in [5.41, 5.74) is 0.622. The first-order valence-electron chi connectivity index (χ1n) is 10.1. The zero-order valence-electron chi connectivity index (χ0n) is 17.9. The molecule has 8 nitrogen and oxygen atoms in total. The molecular formula is C21H24ClF3N6O2. The SMILES string of the molecule is COc1ccc(NC(=O)N[C@@H]2CCN(C)[C@@H](c3nc4ccc(C(F)(F)F)cc4[nH]3)C2)cn1.Cl. The molecule has 178 valence electrons.